The first-order valence-corrected chi connectivity index (χ1v) is 13.3. The predicted molar refractivity (Wildman–Crippen MR) is 136 cm³/mol. The van der Waals surface area contributed by atoms with Crippen molar-refractivity contribution in [3.63, 3.8) is 0 Å². The molecule has 182 valence electrons. The number of benzene rings is 3. The Labute approximate surface area is 207 Å². The number of rotatable bonds is 10. The van der Waals surface area contributed by atoms with E-state index in [1.54, 1.807) is 24.3 Å². The Balaban J connectivity index is 1.91. The molecule has 3 aromatic rings. The van der Waals surface area contributed by atoms with Gasteiger partial charge in [0.15, 0.2) is 9.84 Å². The lowest BCUT2D eigenvalue weighted by Crippen LogP contribution is -2.38. The molecule has 7 heteroatoms. The van der Waals surface area contributed by atoms with E-state index in [2.05, 4.69) is 5.32 Å². The SMILES string of the molecule is CC(C)C[C@H](OC(c1ccccc1)c1ccc(-c2ccc(S(C)(=O)=O)cc2)cc1)C(=O)NCC#N. The number of carbonyl (C=O) groups is 1. The Morgan fingerprint density at radius 1 is 0.914 bits per heavy atom. The third-order valence-electron chi connectivity index (χ3n) is 5.55. The highest BCUT2D eigenvalue weighted by atomic mass is 32.2. The van der Waals surface area contributed by atoms with E-state index in [0.717, 1.165) is 22.3 Å². The maximum atomic E-state index is 12.7. The third kappa shape index (κ3) is 7.25. The highest BCUT2D eigenvalue weighted by Gasteiger charge is 2.26. The molecule has 0 aliphatic heterocycles. The molecule has 0 saturated carbocycles. The van der Waals surface area contributed by atoms with Crippen LogP contribution >= 0.6 is 0 Å². The van der Waals surface area contributed by atoms with Crippen molar-refractivity contribution in [3.8, 4) is 17.2 Å². The number of hydrogen-bond donors (Lipinski definition) is 1. The molecule has 1 unspecified atom stereocenters. The molecule has 0 heterocycles. The first-order chi connectivity index (χ1) is 16.7. The van der Waals surface area contributed by atoms with Crippen molar-refractivity contribution in [2.24, 2.45) is 5.92 Å². The second-order valence-electron chi connectivity index (χ2n) is 8.84. The largest absolute Gasteiger partial charge is 0.356 e. The van der Waals surface area contributed by atoms with Gasteiger partial charge in [-0.05, 0) is 46.7 Å². The Bertz CT molecular complexity index is 1260. The molecule has 1 N–H and O–H groups in total. The number of sulfone groups is 1. The van der Waals surface area contributed by atoms with Crippen molar-refractivity contribution < 1.29 is 17.9 Å². The van der Waals surface area contributed by atoms with Crippen molar-refractivity contribution >= 4 is 15.7 Å². The van der Waals surface area contributed by atoms with E-state index in [0.29, 0.717) is 6.42 Å². The van der Waals surface area contributed by atoms with Gasteiger partial charge in [0.25, 0.3) is 0 Å². The molecule has 0 aliphatic rings. The molecule has 1 amide bonds. The minimum Gasteiger partial charge on any atom is -0.356 e. The quantitative estimate of drug-likeness (QED) is 0.407. The molecule has 0 aromatic heterocycles. The summed E-state index contributed by atoms with van der Waals surface area (Å²) in [5.41, 5.74) is 3.63. The van der Waals surface area contributed by atoms with Crippen molar-refractivity contribution in [1.82, 2.24) is 5.32 Å². The zero-order valence-electron chi connectivity index (χ0n) is 20.1. The molecule has 2 atom stereocenters. The molecule has 6 nitrogen and oxygen atoms in total. The summed E-state index contributed by atoms with van der Waals surface area (Å²) in [4.78, 5) is 13.0. The molecule has 0 fully saturated rings. The Morgan fingerprint density at radius 2 is 1.46 bits per heavy atom. The smallest absolute Gasteiger partial charge is 0.250 e. The summed E-state index contributed by atoms with van der Waals surface area (Å²) in [6, 6.07) is 26.2. The van der Waals surface area contributed by atoms with E-state index < -0.39 is 22.0 Å². The van der Waals surface area contributed by atoms with Gasteiger partial charge in [-0.25, -0.2) is 8.42 Å². The molecule has 0 aliphatic carbocycles. The summed E-state index contributed by atoms with van der Waals surface area (Å²) >= 11 is 0. The predicted octanol–water partition coefficient (Wildman–Crippen LogP) is 4.92. The normalized spacial score (nSPS) is 13.1. The van der Waals surface area contributed by atoms with Gasteiger partial charge >= 0.3 is 0 Å². The number of amides is 1. The molecule has 0 radical (unpaired) electrons. The lowest BCUT2D eigenvalue weighted by Gasteiger charge is -2.26. The van der Waals surface area contributed by atoms with Crippen molar-refractivity contribution in [1.29, 1.82) is 5.26 Å². The van der Waals surface area contributed by atoms with Crippen LogP contribution in [0.4, 0.5) is 0 Å². The summed E-state index contributed by atoms with van der Waals surface area (Å²) in [6.45, 7) is 3.98. The maximum absolute atomic E-state index is 12.7. The van der Waals surface area contributed by atoms with Crippen LogP contribution in [0.3, 0.4) is 0 Å². The second kappa shape index (κ2) is 11.8. The van der Waals surface area contributed by atoms with Crippen LogP contribution in [-0.4, -0.2) is 33.2 Å². The lowest BCUT2D eigenvalue weighted by atomic mass is 9.97. The van der Waals surface area contributed by atoms with Gasteiger partial charge in [0.1, 0.15) is 18.8 Å². The number of nitrogens with zero attached hydrogens (tertiary/aromatic N) is 1. The highest BCUT2D eigenvalue weighted by molar-refractivity contribution is 7.90. The average molecular weight is 491 g/mol. The van der Waals surface area contributed by atoms with E-state index in [9.17, 15) is 13.2 Å². The number of carbonyl (C=O) groups excluding carboxylic acids is 1. The summed E-state index contributed by atoms with van der Waals surface area (Å²) < 4.78 is 29.9. The summed E-state index contributed by atoms with van der Waals surface area (Å²) in [5, 5.41) is 11.5. The van der Waals surface area contributed by atoms with E-state index in [1.165, 1.54) is 6.26 Å². The fourth-order valence-electron chi connectivity index (χ4n) is 3.78. The van der Waals surface area contributed by atoms with Gasteiger partial charge in [-0.3, -0.25) is 4.79 Å². The fraction of sp³-hybridized carbons (Fsp3) is 0.286. The zero-order chi connectivity index (χ0) is 25.4. The van der Waals surface area contributed by atoms with E-state index in [-0.39, 0.29) is 23.3 Å². The second-order valence-corrected chi connectivity index (χ2v) is 10.9. The van der Waals surface area contributed by atoms with Crippen LogP contribution < -0.4 is 5.32 Å². The lowest BCUT2D eigenvalue weighted by molar-refractivity contribution is -0.136. The highest BCUT2D eigenvalue weighted by Crippen LogP contribution is 2.31. The Hall–Kier alpha value is -3.47. The van der Waals surface area contributed by atoms with Crippen molar-refractivity contribution in [3.05, 3.63) is 90.0 Å². The van der Waals surface area contributed by atoms with Crippen molar-refractivity contribution in [2.75, 3.05) is 12.8 Å². The first kappa shape index (κ1) is 26.1. The minimum absolute atomic E-state index is 0.0698. The van der Waals surface area contributed by atoms with Crippen LogP contribution in [0.5, 0.6) is 0 Å². The van der Waals surface area contributed by atoms with Gasteiger partial charge in [-0.15, -0.1) is 0 Å². The van der Waals surface area contributed by atoms with E-state index in [4.69, 9.17) is 10.00 Å². The fourth-order valence-corrected chi connectivity index (χ4v) is 4.41. The number of hydrogen-bond acceptors (Lipinski definition) is 5. The summed E-state index contributed by atoms with van der Waals surface area (Å²) in [7, 11) is -3.25. The van der Waals surface area contributed by atoms with Crippen LogP contribution in [0.1, 0.15) is 37.5 Å². The molecular weight excluding hydrogens is 460 g/mol. The van der Waals surface area contributed by atoms with Gasteiger partial charge in [-0.1, -0.05) is 80.6 Å². The topological polar surface area (TPSA) is 96.3 Å². The number of nitriles is 1. The molecule has 35 heavy (non-hydrogen) atoms. The van der Waals surface area contributed by atoms with Crippen LogP contribution in [-0.2, 0) is 19.4 Å². The van der Waals surface area contributed by atoms with Gasteiger partial charge in [0, 0.05) is 6.26 Å². The van der Waals surface area contributed by atoms with E-state index in [1.807, 2.05) is 74.5 Å². The molecule has 0 bridgehead atoms. The molecule has 3 rings (SSSR count). The third-order valence-corrected chi connectivity index (χ3v) is 6.68. The van der Waals surface area contributed by atoms with Crippen LogP contribution in [0, 0.1) is 17.2 Å². The van der Waals surface area contributed by atoms with Gasteiger partial charge < -0.3 is 10.1 Å². The van der Waals surface area contributed by atoms with Gasteiger partial charge in [-0.2, -0.15) is 5.26 Å². The molecule has 0 spiro atoms. The summed E-state index contributed by atoms with van der Waals surface area (Å²) in [5.74, 6) is -0.0784. The Kier molecular flexibility index (Phi) is 8.80. The molecule has 3 aromatic carbocycles. The number of nitrogens with one attached hydrogen (secondary N) is 1. The number of ether oxygens (including phenoxy) is 1. The van der Waals surface area contributed by atoms with Crippen molar-refractivity contribution in [2.45, 2.75) is 37.4 Å². The maximum Gasteiger partial charge on any atom is 0.250 e. The van der Waals surface area contributed by atoms with E-state index >= 15 is 0 Å². The van der Waals surface area contributed by atoms with Crippen LogP contribution in [0.25, 0.3) is 11.1 Å². The van der Waals surface area contributed by atoms with Crippen LogP contribution in [0.15, 0.2) is 83.8 Å². The Morgan fingerprint density at radius 3 is 1.97 bits per heavy atom. The van der Waals surface area contributed by atoms with Crippen LogP contribution in [0.2, 0.25) is 0 Å². The molecular formula is C28H30N2O4S. The first-order valence-electron chi connectivity index (χ1n) is 11.4. The minimum atomic E-state index is -3.25. The average Bonchev–Trinajstić information content (AvgIpc) is 2.85. The van der Waals surface area contributed by atoms with Gasteiger partial charge in [0.05, 0.1) is 11.0 Å². The zero-order valence-corrected chi connectivity index (χ0v) is 21.0. The van der Waals surface area contributed by atoms with Gasteiger partial charge in [0.2, 0.25) is 5.91 Å². The standard InChI is InChI=1S/C28H30N2O4S/c1-20(2)19-26(28(31)30-18-17-29)34-27(23-7-5-4-6-8-23)24-11-9-21(10-12-24)22-13-15-25(16-14-22)35(3,32)33/h4-16,20,26-27H,18-19H2,1-3H3,(H,30,31)/t26-,27?/m0/s1. The summed E-state index contributed by atoms with van der Waals surface area (Å²) in [6.07, 6.45) is 0.519. The monoisotopic (exact) mass is 490 g/mol. The molecule has 0 saturated heterocycles.